The predicted octanol–water partition coefficient (Wildman–Crippen LogP) is 2.21. The third kappa shape index (κ3) is 5.92. The molecule has 28 heavy (non-hydrogen) atoms. The molecule has 0 atom stereocenters. The first-order valence-electron chi connectivity index (χ1n) is 10.0. The standard InChI is InChI=1S/C21H29N5O2/c1-25-19(23-20(27)11-10-17-8-4-2-5-9-17)16-18(24-25)21(28)22-12-15-26-13-6-3-7-14-26/h2,4-5,8-9,16H,3,6-7,10-15H2,1H3,(H,22,28)(H,23,27). The van der Waals surface area contributed by atoms with E-state index >= 15 is 0 Å². The van der Waals surface area contributed by atoms with Gasteiger partial charge in [0.25, 0.3) is 5.91 Å². The van der Waals surface area contributed by atoms with Crippen molar-refractivity contribution in [3.63, 3.8) is 0 Å². The van der Waals surface area contributed by atoms with Crippen molar-refractivity contribution in [1.82, 2.24) is 20.0 Å². The van der Waals surface area contributed by atoms with Crippen LogP contribution in [0.25, 0.3) is 0 Å². The Kier molecular flexibility index (Phi) is 7.19. The Morgan fingerprint density at radius 3 is 2.61 bits per heavy atom. The summed E-state index contributed by atoms with van der Waals surface area (Å²) in [5, 5.41) is 9.98. The van der Waals surface area contributed by atoms with Crippen molar-refractivity contribution in [3.8, 4) is 0 Å². The number of amides is 2. The van der Waals surface area contributed by atoms with Crippen molar-refractivity contribution in [3.05, 3.63) is 47.7 Å². The number of aromatic nitrogens is 2. The van der Waals surface area contributed by atoms with E-state index in [0.717, 1.165) is 25.2 Å². The summed E-state index contributed by atoms with van der Waals surface area (Å²) in [6.45, 7) is 3.69. The summed E-state index contributed by atoms with van der Waals surface area (Å²) in [5.41, 5.74) is 1.44. The van der Waals surface area contributed by atoms with E-state index in [4.69, 9.17) is 0 Å². The van der Waals surface area contributed by atoms with E-state index < -0.39 is 0 Å². The Labute approximate surface area is 166 Å². The summed E-state index contributed by atoms with van der Waals surface area (Å²) in [5.74, 6) is 0.223. The molecule has 7 nitrogen and oxygen atoms in total. The molecule has 3 rings (SSSR count). The maximum Gasteiger partial charge on any atom is 0.271 e. The molecule has 2 N–H and O–H groups in total. The molecule has 0 saturated carbocycles. The second-order valence-corrected chi connectivity index (χ2v) is 7.23. The van der Waals surface area contributed by atoms with Gasteiger partial charge >= 0.3 is 0 Å². The number of carbonyl (C=O) groups is 2. The SMILES string of the molecule is Cn1nc(C(=O)NCCN2CCCCC2)cc1NC(=O)CCc1ccccc1. The molecule has 1 fully saturated rings. The van der Waals surface area contributed by atoms with Crippen LogP contribution in [0, 0.1) is 0 Å². The van der Waals surface area contributed by atoms with Crippen LogP contribution in [0.2, 0.25) is 0 Å². The van der Waals surface area contributed by atoms with Gasteiger partial charge < -0.3 is 15.5 Å². The fraction of sp³-hybridized carbons (Fsp3) is 0.476. The zero-order chi connectivity index (χ0) is 19.8. The number of anilines is 1. The highest BCUT2D eigenvalue weighted by Gasteiger charge is 2.15. The highest BCUT2D eigenvalue weighted by Crippen LogP contribution is 2.11. The Bertz CT molecular complexity index is 781. The molecule has 0 unspecified atom stereocenters. The van der Waals surface area contributed by atoms with Crippen LogP contribution in [0.4, 0.5) is 5.82 Å². The second kappa shape index (κ2) is 10.0. The number of piperidine rings is 1. The van der Waals surface area contributed by atoms with E-state index in [2.05, 4.69) is 20.6 Å². The molecule has 1 aromatic carbocycles. The molecular weight excluding hydrogens is 354 g/mol. The summed E-state index contributed by atoms with van der Waals surface area (Å²) in [6, 6.07) is 11.5. The first kappa shape index (κ1) is 20.1. The van der Waals surface area contributed by atoms with E-state index in [9.17, 15) is 9.59 Å². The van der Waals surface area contributed by atoms with Crippen LogP contribution in [0.1, 0.15) is 41.7 Å². The van der Waals surface area contributed by atoms with Crippen molar-refractivity contribution in [2.75, 3.05) is 31.5 Å². The Hall–Kier alpha value is -2.67. The number of hydrogen-bond donors (Lipinski definition) is 2. The maximum atomic E-state index is 12.3. The number of benzene rings is 1. The normalized spacial score (nSPS) is 14.6. The van der Waals surface area contributed by atoms with Crippen molar-refractivity contribution in [2.45, 2.75) is 32.1 Å². The number of likely N-dealkylation sites (tertiary alicyclic amines) is 1. The third-order valence-electron chi connectivity index (χ3n) is 5.03. The summed E-state index contributed by atoms with van der Waals surface area (Å²) >= 11 is 0. The fourth-order valence-electron chi connectivity index (χ4n) is 3.40. The molecule has 0 radical (unpaired) electrons. The van der Waals surface area contributed by atoms with Gasteiger partial charge in [0, 0.05) is 32.6 Å². The average molecular weight is 383 g/mol. The van der Waals surface area contributed by atoms with Gasteiger partial charge in [-0.2, -0.15) is 5.10 Å². The van der Waals surface area contributed by atoms with Gasteiger partial charge in [-0.1, -0.05) is 36.8 Å². The van der Waals surface area contributed by atoms with Crippen LogP contribution in [0.3, 0.4) is 0 Å². The molecule has 1 aliphatic rings. The van der Waals surface area contributed by atoms with Gasteiger partial charge in [0.05, 0.1) is 0 Å². The highest BCUT2D eigenvalue weighted by atomic mass is 16.2. The topological polar surface area (TPSA) is 79.3 Å². The maximum absolute atomic E-state index is 12.3. The largest absolute Gasteiger partial charge is 0.349 e. The molecule has 150 valence electrons. The number of nitrogens with zero attached hydrogens (tertiary/aromatic N) is 3. The van der Waals surface area contributed by atoms with Gasteiger partial charge in [-0.3, -0.25) is 14.3 Å². The van der Waals surface area contributed by atoms with Crippen molar-refractivity contribution >= 4 is 17.6 Å². The van der Waals surface area contributed by atoms with E-state index in [1.807, 2.05) is 30.3 Å². The Morgan fingerprint density at radius 1 is 1.11 bits per heavy atom. The number of nitrogens with one attached hydrogen (secondary N) is 2. The molecule has 0 bridgehead atoms. The number of carbonyl (C=O) groups excluding carboxylic acids is 2. The van der Waals surface area contributed by atoms with Crippen molar-refractivity contribution in [2.24, 2.45) is 7.05 Å². The Balaban J connectivity index is 1.45. The van der Waals surface area contributed by atoms with Gasteiger partial charge in [-0.15, -0.1) is 0 Å². The molecule has 7 heteroatoms. The average Bonchev–Trinajstić information content (AvgIpc) is 3.08. The lowest BCUT2D eigenvalue weighted by molar-refractivity contribution is -0.116. The molecular formula is C21H29N5O2. The van der Waals surface area contributed by atoms with Crippen LogP contribution in [0.15, 0.2) is 36.4 Å². The molecule has 2 heterocycles. The van der Waals surface area contributed by atoms with E-state index in [1.165, 1.54) is 23.9 Å². The van der Waals surface area contributed by atoms with Gasteiger partial charge in [0.15, 0.2) is 5.69 Å². The summed E-state index contributed by atoms with van der Waals surface area (Å²) in [7, 11) is 1.72. The van der Waals surface area contributed by atoms with Gasteiger partial charge in [-0.05, 0) is 37.9 Å². The number of aryl methyl sites for hydroxylation is 2. The molecule has 0 aliphatic carbocycles. The summed E-state index contributed by atoms with van der Waals surface area (Å²) in [4.78, 5) is 26.9. The van der Waals surface area contributed by atoms with Crippen molar-refractivity contribution < 1.29 is 9.59 Å². The summed E-state index contributed by atoms with van der Waals surface area (Å²) < 4.78 is 1.53. The van der Waals surface area contributed by atoms with E-state index in [1.54, 1.807) is 13.1 Å². The predicted molar refractivity (Wildman–Crippen MR) is 109 cm³/mol. The van der Waals surface area contributed by atoms with E-state index in [0.29, 0.717) is 30.9 Å². The molecule has 2 aromatic rings. The zero-order valence-corrected chi connectivity index (χ0v) is 16.5. The highest BCUT2D eigenvalue weighted by molar-refractivity contribution is 5.95. The Morgan fingerprint density at radius 2 is 1.86 bits per heavy atom. The lowest BCUT2D eigenvalue weighted by atomic mass is 10.1. The molecule has 1 saturated heterocycles. The number of hydrogen-bond acceptors (Lipinski definition) is 4. The van der Waals surface area contributed by atoms with Crippen LogP contribution in [-0.4, -0.2) is 52.7 Å². The van der Waals surface area contributed by atoms with Crippen molar-refractivity contribution in [1.29, 1.82) is 0 Å². The fourth-order valence-corrected chi connectivity index (χ4v) is 3.40. The first-order valence-corrected chi connectivity index (χ1v) is 10.0. The van der Waals surface area contributed by atoms with Crippen LogP contribution >= 0.6 is 0 Å². The van der Waals surface area contributed by atoms with Crippen LogP contribution in [0.5, 0.6) is 0 Å². The molecule has 0 spiro atoms. The van der Waals surface area contributed by atoms with Gasteiger partial charge in [0.1, 0.15) is 5.82 Å². The van der Waals surface area contributed by atoms with Gasteiger partial charge in [0.2, 0.25) is 5.91 Å². The minimum absolute atomic E-state index is 0.0936. The van der Waals surface area contributed by atoms with E-state index in [-0.39, 0.29) is 11.8 Å². The smallest absolute Gasteiger partial charge is 0.271 e. The van der Waals surface area contributed by atoms with Gasteiger partial charge in [-0.25, -0.2) is 0 Å². The first-order chi connectivity index (χ1) is 13.6. The van der Waals surface area contributed by atoms with Crippen LogP contribution in [-0.2, 0) is 18.3 Å². The summed E-state index contributed by atoms with van der Waals surface area (Å²) in [6.07, 6.45) is 4.83. The molecule has 1 aliphatic heterocycles. The lowest BCUT2D eigenvalue weighted by Crippen LogP contribution is -2.37. The molecule has 2 amide bonds. The minimum Gasteiger partial charge on any atom is -0.349 e. The quantitative estimate of drug-likeness (QED) is 0.733. The van der Waals surface area contributed by atoms with Crippen LogP contribution < -0.4 is 10.6 Å². The minimum atomic E-state index is -0.211. The zero-order valence-electron chi connectivity index (χ0n) is 16.5. The monoisotopic (exact) mass is 383 g/mol. The molecule has 1 aromatic heterocycles. The third-order valence-corrected chi connectivity index (χ3v) is 5.03. The number of rotatable bonds is 8. The second-order valence-electron chi connectivity index (χ2n) is 7.23. The lowest BCUT2D eigenvalue weighted by Gasteiger charge is -2.26.